The number of benzene rings is 1. The van der Waals surface area contributed by atoms with Crippen LogP contribution >= 0.6 is 24.8 Å². The molecular weight excluding hydrogens is 357 g/mol. The van der Waals surface area contributed by atoms with Gasteiger partial charge in [0.1, 0.15) is 0 Å². The Labute approximate surface area is 163 Å². The fraction of sp³-hybridized carbons (Fsp3) is 0.632. The van der Waals surface area contributed by atoms with Crippen molar-refractivity contribution in [3.63, 3.8) is 0 Å². The van der Waals surface area contributed by atoms with Crippen molar-refractivity contribution in [3.05, 3.63) is 29.3 Å². The Morgan fingerprint density at radius 1 is 1.16 bits per heavy atom. The number of hydrogen-bond donors (Lipinski definition) is 1. The Hall–Kier alpha value is -0.970. The summed E-state index contributed by atoms with van der Waals surface area (Å²) < 4.78 is 0. The van der Waals surface area contributed by atoms with Gasteiger partial charge in [-0.25, -0.2) is 0 Å². The Bertz CT molecular complexity index is 610. The van der Waals surface area contributed by atoms with Crippen molar-refractivity contribution >= 4 is 36.4 Å². The van der Waals surface area contributed by atoms with Crippen molar-refractivity contribution in [2.45, 2.75) is 51.1 Å². The molecule has 3 aliphatic heterocycles. The van der Waals surface area contributed by atoms with E-state index in [-0.39, 0.29) is 30.7 Å². The minimum absolute atomic E-state index is 0. The third kappa shape index (κ3) is 3.91. The van der Waals surface area contributed by atoms with Crippen LogP contribution in [0.25, 0.3) is 0 Å². The number of nitrogens with one attached hydrogen (secondary N) is 1. The molecule has 0 radical (unpaired) electrons. The summed E-state index contributed by atoms with van der Waals surface area (Å²) in [4.78, 5) is 18.0. The van der Waals surface area contributed by atoms with Crippen molar-refractivity contribution in [3.8, 4) is 0 Å². The zero-order chi connectivity index (χ0) is 15.8. The molecular formula is C19H29Cl2N3O. The van der Waals surface area contributed by atoms with E-state index in [9.17, 15) is 4.79 Å². The molecule has 3 heterocycles. The van der Waals surface area contributed by atoms with Crippen LogP contribution in [0.3, 0.4) is 0 Å². The summed E-state index contributed by atoms with van der Waals surface area (Å²) in [6, 6.07) is 7.03. The number of rotatable bonds is 1. The normalized spacial score (nSPS) is 25.6. The number of nitrogens with zero attached hydrogens (tertiary/aromatic N) is 2. The van der Waals surface area contributed by atoms with Gasteiger partial charge in [-0.2, -0.15) is 0 Å². The summed E-state index contributed by atoms with van der Waals surface area (Å²) in [7, 11) is 0. The Kier molecular flexibility index (Phi) is 7.01. The molecule has 0 aromatic heterocycles. The Morgan fingerprint density at radius 2 is 2.00 bits per heavy atom. The summed E-state index contributed by atoms with van der Waals surface area (Å²) in [5, 5.41) is 3.44. The first-order chi connectivity index (χ1) is 11.2. The van der Waals surface area contributed by atoms with Crippen LogP contribution < -0.4 is 5.32 Å². The molecule has 2 saturated heterocycles. The topological polar surface area (TPSA) is 35.6 Å². The molecule has 0 saturated carbocycles. The highest BCUT2D eigenvalue weighted by molar-refractivity contribution is 5.97. The Morgan fingerprint density at radius 3 is 2.84 bits per heavy atom. The molecule has 2 fully saturated rings. The summed E-state index contributed by atoms with van der Waals surface area (Å²) in [5.74, 6) is 0.239. The van der Waals surface area contributed by atoms with E-state index >= 15 is 0 Å². The summed E-state index contributed by atoms with van der Waals surface area (Å²) in [6.45, 7) is 6.36. The van der Waals surface area contributed by atoms with Gasteiger partial charge in [-0.1, -0.05) is 12.5 Å². The molecule has 1 amide bonds. The maximum Gasteiger partial charge on any atom is 0.254 e. The number of anilines is 1. The van der Waals surface area contributed by atoms with E-state index in [1.165, 1.54) is 31.4 Å². The first-order valence-electron chi connectivity index (χ1n) is 9.15. The van der Waals surface area contributed by atoms with E-state index in [0.29, 0.717) is 12.1 Å². The number of piperazine rings is 1. The average Bonchev–Trinajstić information content (AvgIpc) is 2.60. The van der Waals surface area contributed by atoms with Gasteiger partial charge >= 0.3 is 0 Å². The van der Waals surface area contributed by atoms with Gasteiger partial charge in [0, 0.05) is 43.0 Å². The van der Waals surface area contributed by atoms with Gasteiger partial charge in [0.15, 0.2) is 0 Å². The molecule has 2 unspecified atom stereocenters. The molecule has 0 spiro atoms. The second-order valence-corrected chi connectivity index (χ2v) is 7.31. The van der Waals surface area contributed by atoms with Crippen LogP contribution in [0.2, 0.25) is 0 Å². The highest BCUT2D eigenvalue weighted by atomic mass is 35.5. The number of carbonyl (C=O) groups is 1. The maximum atomic E-state index is 13.2. The summed E-state index contributed by atoms with van der Waals surface area (Å²) >= 11 is 0. The predicted octanol–water partition coefficient (Wildman–Crippen LogP) is 3.59. The lowest BCUT2D eigenvalue weighted by molar-refractivity contribution is 0.0151. The van der Waals surface area contributed by atoms with E-state index < -0.39 is 0 Å². The zero-order valence-electron chi connectivity index (χ0n) is 14.9. The first kappa shape index (κ1) is 20.3. The van der Waals surface area contributed by atoms with Gasteiger partial charge in [0.2, 0.25) is 0 Å². The fourth-order valence-corrected chi connectivity index (χ4v) is 4.50. The van der Waals surface area contributed by atoms with Gasteiger partial charge < -0.3 is 10.2 Å². The van der Waals surface area contributed by atoms with Gasteiger partial charge in [-0.15, -0.1) is 24.8 Å². The summed E-state index contributed by atoms with van der Waals surface area (Å²) in [6.07, 6.45) is 5.99. The quantitative estimate of drug-likeness (QED) is 0.801. The second kappa shape index (κ2) is 8.61. The van der Waals surface area contributed by atoms with Crippen LogP contribution in [0.4, 0.5) is 5.69 Å². The van der Waals surface area contributed by atoms with Gasteiger partial charge in [0.25, 0.3) is 5.91 Å². The fourth-order valence-electron chi connectivity index (χ4n) is 4.50. The molecule has 0 bridgehead atoms. The third-order valence-electron chi connectivity index (χ3n) is 5.77. The number of carbonyl (C=O) groups excluding carboxylic acids is 1. The van der Waals surface area contributed by atoms with E-state index in [2.05, 4.69) is 28.1 Å². The van der Waals surface area contributed by atoms with Crippen molar-refractivity contribution in [2.24, 2.45) is 0 Å². The molecule has 4 nitrogen and oxygen atoms in total. The minimum Gasteiger partial charge on any atom is -0.385 e. The molecule has 4 rings (SSSR count). The maximum absolute atomic E-state index is 13.2. The van der Waals surface area contributed by atoms with Crippen LogP contribution in [0, 0.1) is 0 Å². The lowest BCUT2D eigenvalue weighted by atomic mass is 9.94. The lowest BCUT2D eigenvalue weighted by Crippen LogP contribution is -2.60. The van der Waals surface area contributed by atoms with Gasteiger partial charge in [-0.3, -0.25) is 9.69 Å². The molecule has 1 aromatic carbocycles. The SMILES string of the molecule is CC1CN2CCCCC2CN1C(=O)c1cccc2c1CCCN2.Cl.Cl. The molecule has 25 heavy (non-hydrogen) atoms. The number of halogens is 2. The smallest absolute Gasteiger partial charge is 0.254 e. The van der Waals surface area contributed by atoms with E-state index in [0.717, 1.165) is 43.7 Å². The Balaban J connectivity index is 0.00000113. The monoisotopic (exact) mass is 385 g/mol. The predicted molar refractivity (Wildman–Crippen MR) is 107 cm³/mol. The summed E-state index contributed by atoms with van der Waals surface area (Å²) in [5.41, 5.74) is 3.30. The van der Waals surface area contributed by atoms with Crippen LogP contribution in [0.15, 0.2) is 18.2 Å². The molecule has 2 atom stereocenters. The highest BCUT2D eigenvalue weighted by Gasteiger charge is 2.36. The second-order valence-electron chi connectivity index (χ2n) is 7.31. The molecule has 1 N–H and O–H groups in total. The average molecular weight is 386 g/mol. The minimum atomic E-state index is 0. The van der Waals surface area contributed by atoms with Gasteiger partial charge in [-0.05, 0) is 56.8 Å². The standard InChI is InChI=1S/C19H27N3O.2ClH/c1-14-12-21-11-3-2-6-15(21)13-22(14)19(23)17-7-4-9-18-16(17)8-5-10-20-18;;/h4,7,9,14-15,20H,2-3,5-6,8,10-13H2,1H3;2*1H. The molecule has 140 valence electrons. The van der Waals surface area contributed by atoms with Crippen LogP contribution in [0.5, 0.6) is 0 Å². The lowest BCUT2D eigenvalue weighted by Gasteiger charge is -2.47. The van der Waals surface area contributed by atoms with E-state index in [1.54, 1.807) is 0 Å². The molecule has 6 heteroatoms. The van der Waals surface area contributed by atoms with Crippen molar-refractivity contribution < 1.29 is 4.79 Å². The van der Waals surface area contributed by atoms with E-state index in [4.69, 9.17) is 0 Å². The molecule has 1 aromatic rings. The first-order valence-corrected chi connectivity index (χ1v) is 9.15. The zero-order valence-corrected chi connectivity index (χ0v) is 16.5. The van der Waals surface area contributed by atoms with Crippen LogP contribution in [-0.4, -0.2) is 54.0 Å². The number of fused-ring (bicyclic) bond motifs is 2. The van der Waals surface area contributed by atoms with Crippen molar-refractivity contribution in [1.82, 2.24) is 9.80 Å². The van der Waals surface area contributed by atoms with Crippen molar-refractivity contribution in [2.75, 3.05) is 31.5 Å². The highest BCUT2D eigenvalue weighted by Crippen LogP contribution is 2.29. The van der Waals surface area contributed by atoms with Crippen molar-refractivity contribution in [1.29, 1.82) is 0 Å². The molecule has 3 aliphatic rings. The van der Waals surface area contributed by atoms with Crippen LogP contribution in [-0.2, 0) is 6.42 Å². The number of piperidine rings is 1. The third-order valence-corrected chi connectivity index (χ3v) is 5.77. The molecule has 0 aliphatic carbocycles. The number of amides is 1. The van der Waals surface area contributed by atoms with Crippen LogP contribution in [0.1, 0.15) is 48.5 Å². The largest absolute Gasteiger partial charge is 0.385 e. The van der Waals surface area contributed by atoms with E-state index in [1.807, 2.05) is 12.1 Å². The van der Waals surface area contributed by atoms with Gasteiger partial charge in [0.05, 0.1) is 0 Å². The number of hydrogen-bond acceptors (Lipinski definition) is 3.